The third-order valence-corrected chi connectivity index (χ3v) is 3.92. The number of para-hydroxylation sites is 3. The Bertz CT molecular complexity index is 993. The molecule has 0 unspecified atom stereocenters. The molecule has 1 saturated heterocycles. The molecule has 0 radical (unpaired) electrons. The number of carbonyl (C=O) groups excluding carboxylic acids is 3. The van der Waals surface area contributed by atoms with Gasteiger partial charge in [0.05, 0.1) is 24.0 Å². The molecule has 8 nitrogen and oxygen atoms in total. The Labute approximate surface area is 154 Å². The van der Waals surface area contributed by atoms with Gasteiger partial charge in [-0.25, -0.2) is 9.69 Å². The van der Waals surface area contributed by atoms with Gasteiger partial charge in [-0.1, -0.05) is 24.3 Å². The number of rotatable bonds is 4. The van der Waals surface area contributed by atoms with Crippen molar-refractivity contribution in [1.29, 1.82) is 5.26 Å². The summed E-state index contributed by atoms with van der Waals surface area (Å²) in [5.74, 6) is -2.55. The second kappa shape index (κ2) is 7.49. The lowest BCUT2D eigenvalue weighted by atomic mass is 10.1. The Kier molecular flexibility index (Phi) is 4.95. The number of methoxy groups -OCH3 is 1. The molecule has 1 aliphatic heterocycles. The fraction of sp³-hybridized carbons (Fsp3) is 0.105. The normalized spacial score (nSPS) is 17.0. The Morgan fingerprint density at radius 2 is 1.85 bits per heavy atom. The van der Waals surface area contributed by atoms with Crippen LogP contribution in [0.15, 0.2) is 53.5 Å². The second-order valence-corrected chi connectivity index (χ2v) is 5.52. The summed E-state index contributed by atoms with van der Waals surface area (Å²) in [5.41, 5.74) is 0.835. The maximum atomic E-state index is 12.8. The van der Waals surface area contributed by atoms with Crippen molar-refractivity contribution in [2.45, 2.75) is 0 Å². The molecule has 2 aromatic rings. The molecular formula is C19H14N4O4. The number of nitrogens with one attached hydrogen (secondary N) is 1. The Balaban J connectivity index is 1.96. The summed E-state index contributed by atoms with van der Waals surface area (Å²) in [6.07, 6.45) is 1.13. The number of nitrogens with zero attached hydrogens (tertiary/aromatic N) is 3. The molecule has 0 aromatic heterocycles. The quantitative estimate of drug-likeness (QED) is 0.662. The first-order valence-electron chi connectivity index (χ1n) is 7.92. The maximum Gasteiger partial charge on any atom is 0.335 e. The van der Waals surface area contributed by atoms with Crippen LogP contribution in [0.3, 0.4) is 0 Å². The lowest BCUT2D eigenvalue weighted by Gasteiger charge is -2.29. The van der Waals surface area contributed by atoms with Crippen LogP contribution in [0.4, 0.5) is 16.2 Å². The first-order valence-corrected chi connectivity index (χ1v) is 7.92. The fourth-order valence-corrected chi connectivity index (χ4v) is 2.60. The topological polar surface area (TPSA) is 112 Å². The van der Waals surface area contributed by atoms with Gasteiger partial charge in [-0.3, -0.25) is 19.9 Å². The fourth-order valence-electron chi connectivity index (χ4n) is 2.60. The number of imide groups is 2. The van der Waals surface area contributed by atoms with E-state index in [1.54, 1.807) is 42.5 Å². The molecule has 0 bridgehead atoms. The monoisotopic (exact) mass is 362 g/mol. The average Bonchev–Trinajstić information content (AvgIpc) is 2.68. The van der Waals surface area contributed by atoms with Crippen LogP contribution >= 0.6 is 0 Å². The van der Waals surface area contributed by atoms with Crippen LogP contribution in [0.2, 0.25) is 0 Å². The summed E-state index contributed by atoms with van der Waals surface area (Å²) >= 11 is 0. The molecule has 3 rings (SSSR count). The van der Waals surface area contributed by atoms with Crippen LogP contribution in [0.25, 0.3) is 0 Å². The molecular weight excluding hydrogens is 348 g/mol. The molecule has 2 aromatic carbocycles. The zero-order valence-corrected chi connectivity index (χ0v) is 14.2. The third kappa shape index (κ3) is 3.39. The van der Waals surface area contributed by atoms with Crippen LogP contribution in [-0.2, 0) is 9.59 Å². The van der Waals surface area contributed by atoms with Gasteiger partial charge < -0.3 is 4.74 Å². The molecule has 8 heteroatoms. The zero-order valence-electron chi connectivity index (χ0n) is 14.2. The van der Waals surface area contributed by atoms with Crippen LogP contribution in [0.1, 0.15) is 5.56 Å². The highest BCUT2D eigenvalue weighted by atomic mass is 16.5. The molecule has 0 aliphatic carbocycles. The van der Waals surface area contributed by atoms with E-state index >= 15 is 0 Å². The standard InChI is InChI=1S/C19H14N4O4/c1-27-16-9-5-4-8-15(16)23-18(25)13(17(24)22-19(23)26)11-21-14-7-3-2-6-12(14)10-20/h2-9,11,13H,1H3,(H,22,24,26)/t13-/m1/s1. The SMILES string of the molecule is COc1ccccc1N1C(=O)NC(=O)[C@@H](C=Nc2ccccc2C#N)C1=O. The van der Waals surface area contributed by atoms with Crippen molar-refractivity contribution in [2.24, 2.45) is 10.9 Å². The van der Waals surface area contributed by atoms with E-state index in [0.717, 1.165) is 11.1 Å². The summed E-state index contributed by atoms with van der Waals surface area (Å²) in [4.78, 5) is 42.2. The van der Waals surface area contributed by atoms with E-state index in [-0.39, 0.29) is 5.69 Å². The van der Waals surface area contributed by atoms with Crippen molar-refractivity contribution in [3.05, 3.63) is 54.1 Å². The smallest absolute Gasteiger partial charge is 0.335 e. The number of barbiturate groups is 1. The number of anilines is 1. The van der Waals surface area contributed by atoms with Gasteiger partial charge in [-0.05, 0) is 24.3 Å². The highest BCUT2D eigenvalue weighted by Crippen LogP contribution is 2.30. The molecule has 1 N–H and O–H groups in total. The lowest BCUT2D eigenvalue weighted by molar-refractivity contribution is -0.131. The van der Waals surface area contributed by atoms with Crippen LogP contribution < -0.4 is 15.0 Å². The maximum absolute atomic E-state index is 12.8. The molecule has 0 saturated carbocycles. The van der Waals surface area contributed by atoms with Crippen molar-refractivity contribution >= 4 is 35.4 Å². The molecule has 1 fully saturated rings. The zero-order chi connectivity index (χ0) is 19.4. The van der Waals surface area contributed by atoms with Gasteiger partial charge in [0.15, 0.2) is 5.92 Å². The average molecular weight is 362 g/mol. The Morgan fingerprint density at radius 1 is 1.15 bits per heavy atom. The molecule has 4 amide bonds. The number of carbonyl (C=O) groups is 3. The molecule has 1 aliphatic rings. The van der Waals surface area contributed by atoms with Crippen LogP contribution in [-0.4, -0.2) is 31.2 Å². The minimum absolute atomic E-state index is 0.214. The van der Waals surface area contributed by atoms with E-state index in [0.29, 0.717) is 17.0 Å². The van der Waals surface area contributed by atoms with Gasteiger partial charge >= 0.3 is 6.03 Å². The van der Waals surface area contributed by atoms with E-state index in [4.69, 9.17) is 10.00 Å². The van der Waals surface area contributed by atoms with Gasteiger partial charge in [-0.15, -0.1) is 0 Å². The van der Waals surface area contributed by atoms with Crippen LogP contribution in [0.5, 0.6) is 5.75 Å². The van der Waals surface area contributed by atoms with Gasteiger partial charge in [-0.2, -0.15) is 5.26 Å². The van der Waals surface area contributed by atoms with Gasteiger partial charge in [0.2, 0.25) is 5.91 Å². The Hall–Kier alpha value is -3.99. The van der Waals surface area contributed by atoms with Crippen molar-refractivity contribution < 1.29 is 19.1 Å². The number of nitriles is 1. The van der Waals surface area contributed by atoms with E-state index in [9.17, 15) is 14.4 Å². The number of ether oxygens (including phenoxy) is 1. The second-order valence-electron chi connectivity index (χ2n) is 5.52. The predicted octanol–water partition coefficient (Wildman–Crippen LogP) is 2.17. The molecule has 0 spiro atoms. The molecule has 1 atom stereocenters. The van der Waals surface area contributed by atoms with E-state index in [1.165, 1.54) is 13.2 Å². The number of benzene rings is 2. The summed E-state index contributed by atoms with van der Waals surface area (Å²) in [7, 11) is 1.41. The highest BCUT2D eigenvalue weighted by molar-refractivity contribution is 6.33. The number of urea groups is 1. The van der Waals surface area contributed by atoms with Crippen molar-refractivity contribution in [3.8, 4) is 11.8 Å². The first-order chi connectivity index (χ1) is 13.1. The molecule has 27 heavy (non-hydrogen) atoms. The molecule has 1 heterocycles. The largest absolute Gasteiger partial charge is 0.495 e. The van der Waals surface area contributed by atoms with Crippen molar-refractivity contribution in [1.82, 2.24) is 5.32 Å². The van der Waals surface area contributed by atoms with Crippen molar-refractivity contribution in [3.63, 3.8) is 0 Å². The number of hydrogen-bond acceptors (Lipinski definition) is 6. The van der Waals surface area contributed by atoms with Crippen molar-refractivity contribution in [2.75, 3.05) is 12.0 Å². The number of amides is 4. The summed E-state index contributed by atoms with van der Waals surface area (Å²) in [5, 5.41) is 11.2. The van der Waals surface area contributed by atoms with Gasteiger partial charge in [0.25, 0.3) is 5.91 Å². The van der Waals surface area contributed by atoms with E-state index < -0.39 is 23.8 Å². The minimum Gasteiger partial charge on any atom is -0.495 e. The predicted molar refractivity (Wildman–Crippen MR) is 96.8 cm³/mol. The summed E-state index contributed by atoms with van der Waals surface area (Å²) in [6.45, 7) is 0. The minimum atomic E-state index is -1.32. The number of hydrogen-bond donors (Lipinski definition) is 1. The first kappa shape index (κ1) is 17.8. The summed E-state index contributed by atoms with van der Waals surface area (Å²) in [6, 6.07) is 14.1. The number of aliphatic imine (C=N–C) groups is 1. The van der Waals surface area contributed by atoms with Crippen LogP contribution in [0, 0.1) is 17.2 Å². The van der Waals surface area contributed by atoms with E-state index in [2.05, 4.69) is 10.3 Å². The Morgan fingerprint density at radius 3 is 2.59 bits per heavy atom. The van der Waals surface area contributed by atoms with Gasteiger partial charge in [0.1, 0.15) is 11.8 Å². The van der Waals surface area contributed by atoms with Gasteiger partial charge in [0, 0.05) is 6.21 Å². The summed E-state index contributed by atoms with van der Waals surface area (Å²) < 4.78 is 5.19. The lowest BCUT2D eigenvalue weighted by Crippen LogP contribution is -2.58. The highest BCUT2D eigenvalue weighted by Gasteiger charge is 2.41. The third-order valence-electron chi connectivity index (χ3n) is 3.92. The van der Waals surface area contributed by atoms with E-state index in [1.807, 2.05) is 6.07 Å². The molecule has 134 valence electrons.